The Hall–Kier alpha value is -1.41. The summed E-state index contributed by atoms with van der Waals surface area (Å²) in [6.45, 7) is 1.12. The average Bonchev–Trinajstić information content (AvgIpc) is 2.39. The third-order valence-electron chi connectivity index (χ3n) is 3.34. The van der Waals surface area contributed by atoms with Crippen molar-refractivity contribution in [2.75, 3.05) is 6.54 Å². The number of fused-ring (bicyclic) bond motifs is 1. The first-order valence-electron chi connectivity index (χ1n) is 6.02. The maximum absolute atomic E-state index is 4.57. The molecule has 0 bridgehead atoms. The molecule has 1 unspecified atom stereocenters. The highest BCUT2D eigenvalue weighted by molar-refractivity contribution is 5.84. The van der Waals surface area contributed by atoms with Gasteiger partial charge in [0.15, 0.2) is 0 Å². The van der Waals surface area contributed by atoms with Crippen molar-refractivity contribution >= 4 is 10.8 Å². The molecule has 0 amide bonds. The van der Waals surface area contributed by atoms with Crippen LogP contribution in [-0.4, -0.2) is 11.5 Å². The standard InChI is InChI=1S/C14H16N2/c1-2-6-12-11(5-1)8-10-16-14(12)13-7-3-4-9-15-13/h1-2,5-6,8,10,13,15H,3-4,7,9H2. The Bertz CT molecular complexity index is 482. The van der Waals surface area contributed by atoms with Crippen LogP contribution in [0.1, 0.15) is 31.0 Å². The van der Waals surface area contributed by atoms with Crippen LogP contribution in [0.5, 0.6) is 0 Å². The summed E-state index contributed by atoms with van der Waals surface area (Å²) in [6.07, 6.45) is 5.73. The van der Waals surface area contributed by atoms with Crippen LogP contribution in [-0.2, 0) is 0 Å². The van der Waals surface area contributed by atoms with Crippen LogP contribution in [0.15, 0.2) is 36.5 Å². The lowest BCUT2D eigenvalue weighted by atomic mass is 9.98. The van der Waals surface area contributed by atoms with Crippen LogP contribution >= 0.6 is 0 Å². The quantitative estimate of drug-likeness (QED) is 0.786. The Labute approximate surface area is 95.7 Å². The lowest BCUT2D eigenvalue weighted by molar-refractivity contribution is 0.407. The molecular weight excluding hydrogens is 196 g/mol. The molecule has 82 valence electrons. The number of piperidine rings is 1. The Morgan fingerprint density at radius 2 is 2.06 bits per heavy atom. The van der Waals surface area contributed by atoms with Gasteiger partial charge in [0.25, 0.3) is 0 Å². The summed E-state index contributed by atoms with van der Waals surface area (Å²) in [4.78, 5) is 4.57. The molecule has 0 aliphatic carbocycles. The van der Waals surface area contributed by atoms with Gasteiger partial charge in [0.1, 0.15) is 0 Å². The van der Waals surface area contributed by atoms with E-state index in [4.69, 9.17) is 0 Å². The highest BCUT2D eigenvalue weighted by Gasteiger charge is 2.17. The summed E-state index contributed by atoms with van der Waals surface area (Å²) in [5, 5.41) is 6.15. The van der Waals surface area contributed by atoms with Gasteiger partial charge in [0.05, 0.1) is 11.7 Å². The van der Waals surface area contributed by atoms with Gasteiger partial charge in [-0.1, -0.05) is 30.7 Å². The highest BCUT2D eigenvalue weighted by atomic mass is 14.9. The van der Waals surface area contributed by atoms with E-state index in [1.54, 1.807) is 0 Å². The molecule has 1 saturated heterocycles. The minimum atomic E-state index is 0.444. The number of hydrogen-bond acceptors (Lipinski definition) is 2. The van der Waals surface area contributed by atoms with Gasteiger partial charge in [-0.3, -0.25) is 4.98 Å². The average molecular weight is 212 g/mol. The zero-order valence-corrected chi connectivity index (χ0v) is 9.32. The normalized spacial score (nSPS) is 21.1. The van der Waals surface area contributed by atoms with Gasteiger partial charge in [0.2, 0.25) is 0 Å². The van der Waals surface area contributed by atoms with E-state index in [1.807, 2.05) is 6.20 Å². The maximum Gasteiger partial charge on any atom is 0.0651 e. The third kappa shape index (κ3) is 1.69. The summed E-state index contributed by atoms with van der Waals surface area (Å²) < 4.78 is 0. The number of rotatable bonds is 1. The Morgan fingerprint density at radius 1 is 1.12 bits per heavy atom. The van der Waals surface area contributed by atoms with Crippen LogP contribution in [0.3, 0.4) is 0 Å². The van der Waals surface area contributed by atoms with Gasteiger partial charge in [-0.05, 0) is 30.8 Å². The van der Waals surface area contributed by atoms with Crippen LogP contribution in [0.25, 0.3) is 10.8 Å². The molecule has 2 nitrogen and oxygen atoms in total. The molecule has 2 heterocycles. The lowest BCUT2D eigenvalue weighted by Crippen LogP contribution is -2.27. The van der Waals surface area contributed by atoms with Crippen molar-refractivity contribution < 1.29 is 0 Å². The van der Waals surface area contributed by atoms with E-state index in [0.717, 1.165) is 6.54 Å². The monoisotopic (exact) mass is 212 g/mol. The number of benzene rings is 1. The highest BCUT2D eigenvalue weighted by Crippen LogP contribution is 2.27. The number of hydrogen-bond donors (Lipinski definition) is 1. The fourth-order valence-electron chi connectivity index (χ4n) is 2.51. The second-order valence-corrected chi connectivity index (χ2v) is 4.42. The molecule has 2 aromatic rings. The minimum absolute atomic E-state index is 0.444. The van der Waals surface area contributed by atoms with E-state index in [9.17, 15) is 0 Å². The molecule has 1 aromatic heterocycles. The Balaban J connectivity index is 2.08. The molecule has 1 aliphatic rings. The largest absolute Gasteiger partial charge is 0.309 e. The molecule has 0 spiro atoms. The predicted octanol–water partition coefficient (Wildman–Crippen LogP) is 3.05. The minimum Gasteiger partial charge on any atom is -0.309 e. The number of nitrogens with one attached hydrogen (secondary N) is 1. The SMILES string of the molecule is c1ccc2c(C3CCCCN3)nccc2c1. The van der Waals surface area contributed by atoms with E-state index in [2.05, 4.69) is 40.6 Å². The van der Waals surface area contributed by atoms with Crippen LogP contribution in [0.2, 0.25) is 0 Å². The van der Waals surface area contributed by atoms with Gasteiger partial charge >= 0.3 is 0 Å². The molecule has 1 aromatic carbocycles. The molecule has 1 atom stereocenters. The van der Waals surface area contributed by atoms with Crippen LogP contribution < -0.4 is 5.32 Å². The summed E-state index contributed by atoms with van der Waals surface area (Å²) in [7, 11) is 0. The van der Waals surface area contributed by atoms with Crippen molar-refractivity contribution in [3.8, 4) is 0 Å². The molecule has 1 fully saturated rings. The molecule has 3 rings (SSSR count). The molecule has 1 N–H and O–H groups in total. The van der Waals surface area contributed by atoms with Crippen molar-refractivity contribution in [3.63, 3.8) is 0 Å². The summed E-state index contributed by atoms with van der Waals surface area (Å²) in [5.41, 5.74) is 1.22. The summed E-state index contributed by atoms with van der Waals surface area (Å²) >= 11 is 0. The Morgan fingerprint density at radius 3 is 2.94 bits per heavy atom. The van der Waals surface area contributed by atoms with E-state index >= 15 is 0 Å². The smallest absolute Gasteiger partial charge is 0.0651 e. The first-order chi connectivity index (χ1) is 7.95. The topological polar surface area (TPSA) is 24.9 Å². The molecule has 16 heavy (non-hydrogen) atoms. The first kappa shape index (κ1) is 9.79. The molecule has 2 heteroatoms. The van der Waals surface area contributed by atoms with Gasteiger partial charge in [-0.25, -0.2) is 0 Å². The Kier molecular flexibility index (Phi) is 2.58. The molecule has 0 saturated carbocycles. The molecular formula is C14H16N2. The predicted molar refractivity (Wildman–Crippen MR) is 66.3 cm³/mol. The van der Waals surface area contributed by atoms with Crippen molar-refractivity contribution in [1.29, 1.82) is 0 Å². The zero-order valence-electron chi connectivity index (χ0n) is 9.32. The number of pyridine rings is 1. The fourth-order valence-corrected chi connectivity index (χ4v) is 2.51. The molecule has 0 radical (unpaired) electrons. The summed E-state index contributed by atoms with van der Waals surface area (Å²) in [5.74, 6) is 0. The maximum atomic E-state index is 4.57. The fraction of sp³-hybridized carbons (Fsp3) is 0.357. The van der Waals surface area contributed by atoms with E-state index < -0.39 is 0 Å². The van der Waals surface area contributed by atoms with E-state index in [1.165, 1.54) is 35.7 Å². The van der Waals surface area contributed by atoms with Gasteiger partial charge in [-0.2, -0.15) is 0 Å². The van der Waals surface area contributed by atoms with Crippen molar-refractivity contribution in [2.45, 2.75) is 25.3 Å². The van der Waals surface area contributed by atoms with Gasteiger partial charge < -0.3 is 5.32 Å². The molecule has 1 aliphatic heterocycles. The van der Waals surface area contributed by atoms with Crippen molar-refractivity contribution in [2.24, 2.45) is 0 Å². The van der Waals surface area contributed by atoms with Gasteiger partial charge in [0, 0.05) is 11.6 Å². The van der Waals surface area contributed by atoms with Gasteiger partial charge in [-0.15, -0.1) is 0 Å². The van der Waals surface area contributed by atoms with Crippen molar-refractivity contribution in [3.05, 3.63) is 42.2 Å². The second kappa shape index (κ2) is 4.22. The van der Waals surface area contributed by atoms with E-state index in [-0.39, 0.29) is 0 Å². The van der Waals surface area contributed by atoms with Crippen molar-refractivity contribution in [1.82, 2.24) is 10.3 Å². The first-order valence-corrected chi connectivity index (χ1v) is 6.02. The third-order valence-corrected chi connectivity index (χ3v) is 3.34. The summed E-state index contributed by atoms with van der Waals surface area (Å²) in [6, 6.07) is 11.0. The number of nitrogens with zero attached hydrogens (tertiary/aromatic N) is 1. The lowest BCUT2D eigenvalue weighted by Gasteiger charge is -2.23. The number of aromatic nitrogens is 1. The zero-order chi connectivity index (χ0) is 10.8. The van der Waals surface area contributed by atoms with Crippen LogP contribution in [0, 0.1) is 0 Å². The second-order valence-electron chi connectivity index (χ2n) is 4.42. The van der Waals surface area contributed by atoms with Crippen LogP contribution in [0.4, 0.5) is 0 Å². The van der Waals surface area contributed by atoms with E-state index in [0.29, 0.717) is 6.04 Å².